The van der Waals surface area contributed by atoms with Crippen molar-refractivity contribution >= 4 is 5.91 Å². The fraction of sp³-hybridized carbons (Fsp3) is 0.389. The van der Waals surface area contributed by atoms with Gasteiger partial charge in [0.1, 0.15) is 5.69 Å². The zero-order chi connectivity index (χ0) is 16.9. The van der Waals surface area contributed by atoms with Crippen LogP contribution in [0.15, 0.2) is 41.2 Å². The fourth-order valence-corrected chi connectivity index (χ4v) is 2.96. The lowest BCUT2D eigenvalue weighted by atomic mass is 9.89. The number of aryl methyl sites for hydroxylation is 1. The predicted octanol–water partition coefficient (Wildman–Crippen LogP) is 1.98. The number of rotatable bonds is 4. The molecule has 6 nitrogen and oxygen atoms in total. The zero-order valence-corrected chi connectivity index (χ0v) is 13.6. The van der Waals surface area contributed by atoms with Crippen molar-refractivity contribution in [1.29, 1.82) is 0 Å². The van der Waals surface area contributed by atoms with Gasteiger partial charge in [0.2, 0.25) is 0 Å². The highest BCUT2D eigenvalue weighted by Crippen LogP contribution is 2.33. The molecule has 2 heterocycles. The van der Waals surface area contributed by atoms with Gasteiger partial charge in [0, 0.05) is 25.1 Å². The van der Waals surface area contributed by atoms with Crippen LogP contribution in [0.4, 0.5) is 0 Å². The van der Waals surface area contributed by atoms with Crippen LogP contribution in [0.5, 0.6) is 0 Å². The Balaban J connectivity index is 1.65. The van der Waals surface area contributed by atoms with Crippen LogP contribution in [0.3, 0.4) is 0 Å². The molecule has 2 aromatic rings. The number of carbonyl (C=O) groups excluding carboxylic acids is 1. The molecule has 1 aromatic carbocycles. The molecule has 2 N–H and O–H groups in total. The Morgan fingerprint density at radius 1 is 1.29 bits per heavy atom. The van der Waals surface area contributed by atoms with E-state index in [1.54, 1.807) is 0 Å². The highest BCUT2D eigenvalue weighted by molar-refractivity contribution is 5.91. The van der Waals surface area contributed by atoms with Crippen LogP contribution in [0, 0.1) is 12.8 Å². The number of hydrogen-bond acceptors (Lipinski definition) is 4. The Morgan fingerprint density at radius 2 is 2.08 bits per heavy atom. The first kappa shape index (κ1) is 16.4. The largest absolute Gasteiger partial charge is 0.373 e. The van der Waals surface area contributed by atoms with E-state index in [1.165, 1.54) is 17.7 Å². The standard InChI is InChI=1S/C18H21N3O3/c1-12-4-6-13(7-5-12)17-14(3-2-10-24-17)11-19-18(23)15-8-9-16(22)21-20-15/h4-9,14,17H,2-3,10-11H2,1H3,(H,19,23)(H,21,22). The maximum absolute atomic E-state index is 12.1. The van der Waals surface area contributed by atoms with E-state index in [1.807, 2.05) is 0 Å². The minimum Gasteiger partial charge on any atom is -0.373 e. The summed E-state index contributed by atoms with van der Waals surface area (Å²) < 4.78 is 5.96. The van der Waals surface area contributed by atoms with Crippen LogP contribution < -0.4 is 10.9 Å². The van der Waals surface area contributed by atoms with Gasteiger partial charge in [-0.3, -0.25) is 9.59 Å². The summed E-state index contributed by atoms with van der Waals surface area (Å²) in [5.74, 6) is -0.0763. The van der Waals surface area contributed by atoms with Crippen LogP contribution in [-0.4, -0.2) is 29.3 Å². The lowest BCUT2D eigenvalue weighted by Gasteiger charge is -2.32. The second kappa shape index (κ2) is 7.40. The number of H-pyrrole nitrogens is 1. The van der Waals surface area contributed by atoms with Gasteiger partial charge in [-0.1, -0.05) is 29.8 Å². The molecule has 0 saturated carbocycles. The van der Waals surface area contributed by atoms with Crippen molar-refractivity contribution in [3.63, 3.8) is 0 Å². The molecule has 3 rings (SSSR count). The number of benzene rings is 1. The molecule has 0 radical (unpaired) electrons. The molecule has 2 unspecified atom stereocenters. The van der Waals surface area contributed by atoms with Crippen LogP contribution in [0.1, 0.15) is 40.6 Å². The zero-order valence-electron chi connectivity index (χ0n) is 13.6. The van der Waals surface area contributed by atoms with Crippen molar-refractivity contribution in [2.45, 2.75) is 25.9 Å². The number of carbonyl (C=O) groups is 1. The second-order valence-corrected chi connectivity index (χ2v) is 6.12. The van der Waals surface area contributed by atoms with Crippen molar-refractivity contribution in [3.05, 3.63) is 63.6 Å². The molecule has 1 aromatic heterocycles. The van der Waals surface area contributed by atoms with Crippen molar-refractivity contribution in [2.24, 2.45) is 5.92 Å². The minimum absolute atomic E-state index is 0.0109. The molecule has 0 aliphatic carbocycles. The van der Waals surface area contributed by atoms with Crippen molar-refractivity contribution in [3.8, 4) is 0 Å². The van der Waals surface area contributed by atoms with Crippen molar-refractivity contribution in [2.75, 3.05) is 13.2 Å². The Morgan fingerprint density at radius 3 is 2.79 bits per heavy atom. The smallest absolute Gasteiger partial charge is 0.271 e. The summed E-state index contributed by atoms with van der Waals surface area (Å²) in [7, 11) is 0. The third kappa shape index (κ3) is 3.89. The first-order valence-corrected chi connectivity index (χ1v) is 8.15. The maximum atomic E-state index is 12.1. The van der Waals surface area contributed by atoms with E-state index in [2.05, 4.69) is 46.7 Å². The molecule has 6 heteroatoms. The van der Waals surface area contributed by atoms with Gasteiger partial charge in [-0.15, -0.1) is 0 Å². The Bertz CT molecular complexity index is 734. The average molecular weight is 327 g/mol. The Labute approximate surface area is 140 Å². The minimum atomic E-state index is -0.327. The lowest BCUT2D eigenvalue weighted by Crippen LogP contribution is -2.35. The molecule has 0 bridgehead atoms. The fourth-order valence-electron chi connectivity index (χ4n) is 2.96. The summed E-state index contributed by atoms with van der Waals surface area (Å²) in [4.78, 5) is 23.2. The molecule has 2 atom stereocenters. The summed E-state index contributed by atoms with van der Waals surface area (Å²) in [6.07, 6.45) is 1.97. The summed E-state index contributed by atoms with van der Waals surface area (Å²) in [6, 6.07) is 11.0. The van der Waals surface area contributed by atoms with Gasteiger partial charge in [0.05, 0.1) is 6.10 Å². The summed E-state index contributed by atoms with van der Waals surface area (Å²) in [5, 5.41) is 8.91. The summed E-state index contributed by atoms with van der Waals surface area (Å²) in [5.41, 5.74) is 2.23. The summed E-state index contributed by atoms with van der Waals surface area (Å²) in [6.45, 7) is 3.31. The molecular weight excluding hydrogens is 306 g/mol. The lowest BCUT2D eigenvalue weighted by molar-refractivity contribution is -0.0272. The molecule has 24 heavy (non-hydrogen) atoms. The highest BCUT2D eigenvalue weighted by Gasteiger charge is 2.28. The van der Waals surface area contributed by atoms with Crippen LogP contribution >= 0.6 is 0 Å². The monoisotopic (exact) mass is 327 g/mol. The number of nitrogens with one attached hydrogen (secondary N) is 2. The van der Waals surface area contributed by atoms with Gasteiger partial charge in [-0.2, -0.15) is 5.10 Å². The normalized spacial score (nSPS) is 20.5. The molecular formula is C18H21N3O3. The van der Waals surface area contributed by atoms with E-state index in [9.17, 15) is 9.59 Å². The Kier molecular flexibility index (Phi) is 5.05. The van der Waals surface area contributed by atoms with E-state index >= 15 is 0 Å². The molecule has 1 fully saturated rings. The number of hydrogen-bond donors (Lipinski definition) is 2. The molecule has 1 aliphatic heterocycles. The van der Waals surface area contributed by atoms with Crippen molar-refractivity contribution < 1.29 is 9.53 Å². The van der Waals surface area contributed by atoms with E-state index in [0.717, 1.165) is 25.0 Å². The number of aromatic nitrogens is 2. The molecule has 1 amide bonds. The van der Waals surface area contributed by atoms with E-state index in [-0.39, 0.29) is 29.2 Å². The van der Waals surface area contributed by atoms with E-state index in [4.69, 9.17) is 4.74 Å². The predicted molar refractivity (Wildman–Crippen MR) is 89.8 cm³/mol. The van der Waals surface area contributed by atoms with Gasteiger partial charge in [-0.05, 0) is 31.4 Å². The third-order valence-electron chi connectivity index (χ3n) is 4.29. The second-order valence-electron chi connectivity index (χ2n) is 6.12. The summed E-state index contributed by atoms with van der Waals surface area (Å²) >= 11 is 0. The van der Waals surface area contributed by atoms with E-state index in [0.29, 0.717) is 6.54 Å². The van der Waals surface area contributed by atoms with Gasteiger partial charge in [0.15, 0.2) is 0 Å². The third-order valence-corrected chi connectivity index (χ3v) is 4.29. The van der Waals surface area contributed by atoms with Crippen LogP contribution in [0.2, 0.25) is 0 Å². The van der Waals surface area contributed by atoms with Crippen molar-refractivity contribution in [1.82, 2.24) is 15.5 Å². The number of nitrogens with zero attached hydrogens (tertiary/aromatic N) is 1. The van der Waals surface area contributed by atoms with Gasteiger partial charge in [-0.25, -0.2) is 5.10 Å². The quantitative estimate of drug-likeness (QED) is 0.899. The van der Waals surface area contributed by atoms with Crippen LogP contribution in [-0.2, 0) is 4.74 Å². The topological polar surface area (TPSA) is 84.1 Å². The molecule has 126 valence electrons. The molecule has 0 spiro atoms. The molecule has 1 aliphatic rings. The number of amides is 1. The molecule has 1 saturated heterocycles. The SMILES string of the molecule is Cc1ccc(C2OCCCC2CNC(=O)c2ccc(=O)[nH]n2)cc1. The van der Waals surface area contributed by atoms with Gasteiger partial charge < -0.3 is 10.1 Å². The van der Waals surface area contributed by atoms with E-state index < -0.39 is 0 Å². The first-order chi connectivity index (χ1) is 11.6. The average Bonchev–Trinajstić information content (AvgIpc) is 2.61. The Hall–Kier alpha value is -2.47. The van der Waals surface area contributed by atoms with Gasteiger partial charge in [0.25, 0.3) is 11.5 Å². The first-order valence-electron chi connectivity index (χ1n) is 8.15. The highest BCUT2D eigenvalue weighted by atomic mass is 16.5. The number of ether oxygens (including phenoxy) is 1. The number of aromatic amines is 1. The van der Waals surface area contributed by atoms with Crippen LogP contribution in [0.25, 0.3) is 0 Å². The van der Waals surface area contributed by atoms with Gasteiger partial charge >= 0.3 is 0 Å². The maximum Gasteiger partial charge on any atom is 0.271 e.